The molecule has 0 bridgehead atoms. The highest BCUT2D eigenvalue weighted by Gasteiger charge is 2.15. The van der Waals surface area contributed by atoms with E-state index in [9.17, 15) is 4.79 Å². The van der Waals surface area contributed by atoms with Crippen molar-refractivity contribution in [2.75, 3.05) is 46.1 Å². The largest absolute Gasteiger partial charge is 0.369 e. The van der Waals surface area contributed by atoms with Gasteiger partial charge in [-0.2, -0.15) is 0 Å². The molecule has 2 aromatic heterocycles. The molecule has 25 heavy (non-hydrogen) atoms. The number of nitrogens with one attached hydrogen (secondary N) is 1. The van der Waals surface area contributed by atoms with Crippen molar-refractivity contribution in [1.82, 2.24) is 24.8 Å². The maximum atomic E-state index is 12.6. The minimum absolute atomic E-state index is 0.102. The van der Waals surface area contributed by atoms with Crippen LogP contribution in [-0.2, 0) is 6.42 Å². The summed E-state index contributed by atoms with van der Waals surface area (Å²) >= 11 is 0. The van der Waals surface area contributed by atoms with Gasteiger partial charge in [-0.3, -0.25) is 9.78 Å². The van der Waals surface area contributed by atoms with Gasteiger partial charge in [0.25, 0.3) is 5.91 Å². The third-order valence-electron chi connectivity index (χ3n) is 3.75. The number of hydrogen-bond donors (Lipinski definition) is 1. The molecule has 0 unspecified atom stereocenters. The highest BCUT2D eigenvalue weighted by atomic mass is 16.2. The van der Waals surface area contributed by atoms with Crippen LogP contribution in [0, 0.1) is 6.92 Å². The topological polar surface area (TPSA) is 74.2 Å². The van der Waals surface area contributed by atoms with Crippen LogP contribution in [0.2, 0.25) is 0 Å². The van der Waals surface area contributed by atoms with Gasteiger partial charge < -0.3 is 15.1 Å². The molecular formula is C18H26N6O. The zero-order chi connectivity index (χ0) is 18.2. The van der Waals surface area contributed by atoms with E-state index in [1.54, 1.807) is 37.3 Å². The van der Waals surface area contributed by atoms with Gasteiger partial charge in [-0.1, -0.05) is 0 Å². The molecule has 0 spiro atoms. The van der Waals surface area contributed by atoms with Crippen LogP contribution in [0.15, 0.2) is 30.6 Å². The number of amides is 1. The smallest absolute Gasteiger partial charge is 0.272 e. The van der Waals surface area contributed by atoms with Crippen molar-refractivity contribution in [1.29, 1.82) is 0 Å². The molecular weight excluding hydrogens is 316 g/mol. The molecule has 2 aromatic rings. The molecule has 1 amide bonds. The summed E-state index contributed by atoms with van der Waals surface area (Å²) in [7, 11) is 5.82. The van der Waals surface area contributed by atoms with Crippen molar-refractivity contribution in [3.8, 4) is 0 Å². The second-order valence-electron chi connectivity index (χ2n) is 6.25. The number of likely N-dealkylation sites (N-methyl/N-ethyl adjacent to an activating group) is 2. The average Bonchev–Trinajstić information content (AvgIpc) is 2.59. The van der Waals surface area contributed by atoms with Crippen molar-refractivity contribution < 1.29 is 4.79 Å². The molecule has 0 aliphatic rings. The summed E-state index contributed by atoms with van der Waals surface area (Å²) in [5.74, 6) is 1.16. The fraction of sp³-hybridized carbons (Fsp3) is 0.444. The van der Waals surface area contributed by atoms with Crippen LogP contribution in [0.3, 0.4) is 0 Å². The van der Waals surface area contributed by atoms with Crippen molar-refractivity contribution in [2.24, 2.45) is 0 Å². The first kappa shape index (κ1) is 18.8. The molecule has 1 N–H and O–H groups in total. The molecule has 0 aliphatic heterocycles. The van der Waals surface area contributed by atoms with Crippen molar-refractivity contribution in [3.05, 3.63) is 47.7 Å². The molecule has 2 heterocycles. The van der Waals surface area contributed by atoms with Gasteiger partial charge in [0.1, 0.15) is 17.3 Å². The average molecular weight is 342 g/mol. The van der Waals surface area contributed by atoms with E-state index >= 15 is 0 Å². The lowest BCUT2D eigenvalue weighted by molar-refractivity contribution is 0.0790. The fourth-order valence-corrected chi connectivity index (χ4v) is 2.32. The Hall–Kier alpha value is -2.54. The third kappa shape index (κ3) is 6.11. The van der Waals surface area contributed by atoms with E-state index in [4.69, 9.17) is 0 Å². The predicted octanol–water partition coefficient (Wildman–Crippen LogP) is 1.47. The molecule has 0 radical (unpaired) electrons. The Morgan fingerprint density at radius 3 is 2.52 bits per heavy atom. The Morgan fingerprint density at radius 1 is 1.12 bits per heavy atom. The Labute approximate surface area is 149 Å². The quantitative estimate of drug-likeness (QED) is 0.783. The summed E-state index contributed by atoms with van der Waals surface area (Å²) < 4.78 is 0. The Morgan fingerprint density at radius 2 is 1.84 bits per heavy atom. The lowest BCUT2D eigenvalue weighted by Crippen LogP contribution is -2.30. The predicted molar refractivity (Wildman–Crippen MR) is 98.7 cm³/mol. The van der Waals surface area contributed by atoms with Crippen LogP contribution in [0.1, 0.15) is 21.9 Å². The van der Waals surface area contributed by atoms with E-state index in [1.807, 2.05) is 26.2 Å². The fourth-order valence-electron chi connectivity index (χ4n) is 2.32. The summed E-state index contributed by atoms with van der Waals surface area (Å²) in [6.45, 7) is 4.06. The van der Waals surface area contributed by atoms with Gasteiger partial charge in [-0.25, -0.2) is 9.97 Å². The van der Waals surface area contributed by atoms with Crippen molar-refractivity contribution >= 4 is 11.7 Å². The summed E-state index contributed by atoms with van der Waals surface area (Å²) in [6.07, 6.45) is 4.30. The molecule has 0 atom stereocenters. The van der Waals surface area contributed by atoms with Gasteiger partial charge in [-0.05, 0) is 45.1 Å². The summed E-state index contributed by atoms with van der Waals surface area (Å²) in [4.78, 5) is 29.0. The first-order chi connectivity index (χ1) is 12.0. The van der Waals surface area contributed by atoms with E-state index in [1.165, 1.54) is 0 Å². The lowest BCUT2D eigenvalue weighted by atomic mass is 10.2. The summed E-state index contributed by atoms with van der Waals surface area (Å²) in [6, 6.07) is 5.63. The van der Waals surface area contributed by atoms with Crippen LogP contribution < -0.4 is 5.32 Å². The second kappa shape index (κ2) is 9.08. The molecule has 0 aromatic carbocycles. The third-order valence-corrected chi connectivity index (χ3v) is 3.75. The van der Waals surface area contributed by atoms with Gasteiger partial charge in [-0.15, -0.1) is 0 Å². The van der Waals surface area contributed by atoms with Gasteiger partial charge in [0.2, 0.25) is 0 Å². The molecule has 7 nitrogen and oxygen atoms in total. The number of aromatic nitrogens is 3. The molecule has 0 saturated heterocycles. The van der Waals surface area contributed by atoms with Gasteiger partial charge >= 0.3 is 0 Å². The van der Waals surface area contributed by atoms with Crippen LogP contribution in [0.5, 0.6) is 0 Å². The molecule has 7 heteroatoms. The normalized spacial score (nSPS) is 10.8. The number of pyridine rings is 1. The van der Waals surface area contributed by atoms with E-state index in [-0.39, 0.29) is 5.91 Å². The maximum absolute atomic E-state index is 12.6. The summed E-state index contributed by atoms with van der Waals surface area (Å²) in [5, 5.41) is 3.24. The molecule has 0 aliphatic carbocycles. The number of carbonyl (C=O) groups is 1. The molecule has 0 saturated carbocycles. The van der Waals surface area contributed by atoms with E-state index < -0.39 is 0 Å². The zero-order valence-electron chi connectivity index (χ0n) is 15.4. The summed E-state index contributed by atoms with van der Waals surface area (Å²) in [5.41, 5.74) is 1.57. The van der Waals surface area contributed by atoms with Crippen LogP contribution in [0.25, 0.3) is 0 Å². The van der Waals surface area contributed by atoms with Crippen LogP contribution >= 0.6 is 0 Å². The van der Waals surface area contributed by atoms with Crippen molar-refractivity contribution in [2.45, 2.75) is 13.3 Å². The SMILES string of the molecule is Cc1nc(NCCN(C)C)cc(C(=O)N(C)CCc2ccncc2)n1. The molecule has 2 rings (SSSR count). The minimum atomic E-state index is -0.102. The number of nitrogens with zero attached hydrogens (tertiary/aromatic N) is 5. The Bertz CT molecular complexity index is 689. The first-order valence-corrected chi connectivity index (χ1v) is 8.34. The molecule has 0 fully saturated rings. The van der Waals surface area contributed by atoms with Gasteiger partial charge in [0.15, 0.2) is 0 Å². The number of aryl methyl sites for hydroxylation is 1. The Kier molecular flexibility index (Phi) is 6.82. The number of anilines is 1. The Balaban J connectivity index is 1.98. The van der Waals surface area contributed by atoms with Gasteiger partial charge in [0, 0.05) is 45.1 Å². The number of carbonyl (C=O) groups excluding carboxylic acids is 1. The second-order valence-corrected chi connectivity index (χ2v) is 6.25. The molecule has 134 valence electrons. The number of rotatable bonds is 8. The maximum Gasteiger partial charge on any atom is 0.272 e. The monoisotopic (exact) mass is 342 g/mol. The number of hydrogen-bond acceptors (Lipinski definition) is 6. The van der Waals surface area contributed by atoms with E-state index in [2.05, 4.69) is 25.2 Å². The minimum Gasteiger partial charge on any atom is -0.369 e. The zero-order valence-corrected chi connectivity index (χ0v) is 15.4. The van der Waals surface area contributed by atoms with Gasteiger partial charge in [0.05, 0.1) is 0 Å². The first-order valence-electron chi connectivity index (χ1n) is 8.34. The highest BCUT2D eigenvalue weighted by Crippen LogP contribution is 2.09. The lowest BCUT2D eigenvalue weighted by Gasteiger charge is -2.17. The van der Waals surface area contributed by atoms with E-state index in [0.29, 0.717) is 23.9 Å². The van der Waals surface area contributed by atoms with Crippen LogP contribution in [-0.4, -0.2) is 71.4 Å². The standard InChI is InChI=1S/C18H26N6O/c1-14-21-16(13-17(22-14)20-10-12-23(2)3)18(25)24(4)11-7-15-5-8-19-9-6-15/h5-6,8-9,13H,7,10-12H2,1-4H3,(H,20,21,22). The van der Waals surface area contributed by atoms with Crippen molar-refractivity contribution in [3.63, 3.8) is 0 Å². The van der Waals surface area contributed by atoms with E-state index in [0.717, 1.165) is 25.1 Å². The highest BCUT2D eigenvalue weighted by molar-refractivity contribution is 5.92. The van der Waals surface area contributed by atoms with Crippen LogP contribution in [0.4, 0.5) is 5.82 Å².